The summed E-state index contributed by atoms with van der Waals surface area (Å²) >= 11 is 0. The number of ether oxygens (including phenoxy) is 1. The molecule has 2 aromatic carbocycles. The lowest BCUT2D eigenvalue weighted by Crippen LogP contribution is -1.97. The molecular weight excluding hydrogens is 288 g/mol. The molecule has 0 unspecified atom stereocenters. The van der Waals surface area contributed by atoms with Crippen molar-refractivity contribution in [3.05, 3.63) is 59.7 Å². The molecule has 1 saturated carbocycles. The summed E-state index contributed by atoms with van der Waals surface area (Å²) in [6, 6.07) is 14.8. The van der Waals surface area contributed by atoms with E-state index in [-0.39, 0.29) is 5.56 Å². The van der Waals surface area contributed by atoms with Crippen molar-refractivity contribution >= 4 is 5.97 Å². The van der Waals surface area contributed by atoms with Gasteiger partial charge in [-0.3, -0.25) is 0 Å². The van der Waals surface area contributed by atoms with E-state index in [0.29, 0.717) is 11.7 Å². The van der Waals surface area contributed by atoms with Crippen LogP contribution in [0.3, 0.4) is 0 Å². The van der Waals surface area contributed by atoms with Crippen molar-refractivity contribution in [2.75, 3.05) is 0 Å². The Morgan fingerprint density at radius 1 is 0.826 bits per heavy atom. The van der Waals surface area contributed by atoms with Crippen LogP contribution in [0.25, 0.3) is 0 Å². The van der Waals surface area contributed by atoms with Gasteiger partial charge in [-0.25, -0.2) is 4.79 Å². The number of hydrogen-bond donors (Lipinski definition) is 1. The quantitative estimate of drug-likeness (QED) is 0.746. The van der Waals surface area contributed by atoms with E-state index in [1.54, 1.807) is 24.3 Å². The number of rotatable bonds is 4. The minimum absolute atomic E-state index is 0.265. The van der Waals surface area contributed by atoms with Crippen molar-refractivity contribution in [3.63, 3.8) is 0 Å². The average Bonchev–Trinajstić information content (AvgIpc) is 2.85. The zero-order valence-electron chi connectivity index (χ0n) is 13.2. The van der Waals surface area contributed by atoms with E-state index in [2.05, 4.69) is 12.1 Å². The molecule has 0 heterocycles. The Morgan fingerprint density at radius 2 is 1.35 bits per heavy atom. The monoisotopic (exact) mass is 310 g/mol. The van der Waals surface area contributed by atoms with Crippen molar-refractivity contribution in [3.8, 4) is 11.5 Å². The minimum atomic E-state index is -0.927. The van der Waals surface area contributed by atoms with Crippen LogP contribution >= 0.6 is 0 Å². The number of carboxylic acid groups (broad SMARTS) is 1. The Kier molecular flexibility index (Phi) is 4.96. The van der Waals surface area contributed by atoms with Gasteiger partial charge >= 0.3 is 5.97 Å². The number of hydrogen-bond acceptors (Lipinski definition) is 2. The molecule has 3 heteroatoms. The molecule has 0 aliphatic heterocycles. The van der Waals surface area contributed by atoms with Crippen molar-refractivity contribution < 1.29 is 14.6 Å². The normalized spacial score (nSPS) is 15.8. The molecule has 3 rings (SSSR count). The van der Waals surface area contributed by atoms with Crippen LogP contribution in [0.5, 0.6) is 11.5 Å². The van der Waals surface area contributed by atoms with Gasteiger partial charge in [0.25, 0.3) is 0 Å². The fraction of sp³-hybridized carbons (Fsp3) is 0.350. The highest BCUT2D eigenvalue weighted by Crippen LogP contribution is 2.33. The maximum atomic E-state index is 10.8. The van der Waals surface area contributed by atoms with Crippen molar-refractivity contribution in [2.24, 2.45) is 0 Å². The first kappa shape index (κ1) is 15.6. The maximum Gasteiger partial charge on any atom is 0.335 e. The van der Waals surface area contributed by atoms with Gasteiger partial charge in [-0.15, -0.1) is 0 Å². The summed E-state index contributed by atoms with van der Waals surface area (Å²) in [6.07, 6.45) is 7.97. The Balaban J connectivity index is 1.65. The molecule has 120 valence electrons. The third-order valence-corrected chi connectivity index (χ3v) is 4.54. The van der Waals surface area contributed by atoms with E-state index in [9.17, 15) is 4.79 Å². The largest absolute Gasteiger partial charge is 0.478 e. The molecular formula is C20H22O3. The number of carbonyl (C=O) groups is 1. The number of benzene rings is 2. The van der Waals surface area contributed by atoms with E-state index in [0.717, 1.165) is 5.75 Å². The van der Waals surface area contributed by atoms with Gasteiger partial charge in [0.2, 0.25) is 0 Å². The Hall–Kier alpha value is -2.29. The minimum Gasteiger partial charge on any atom is -0.478 e. The standard InChI is InChI=1S/C20H22O3/c21-20(22)17-9-13-19(14-10-17)23-18-11-7-16(8-12-18)15-5-3-1-2-4-6-15/h7-15H,1-6H2,(H,21,22). The van der Waals surface area contributed by atoms with Gasteiger partial charge in [-0.1, -0.05) is 37.8 Å². The molecule has 0 radical (unpaired) electrons. The van der Waals surface area contributed by atoms with E-state index in [4.69, 9.17) is 9.84 Å². The lowest BCUT2D eigenvalue weighted by molar-refractivity contribution is 0.0697. The second-order valence-electron chi connectivity index (χ2n) is 6.19. The fourth-order valence-electron chi connectivity index (χ4n) is 3.22. The zero-order valence-corrected chi connectivity index (χ0v) is 13.2. The van der Waals surface area contributed by atoms with Gasteiger partial charge < -0.3 is 9.84 Å². The number of aromatic carboxylic acids is 1. The second kappa shape index (κ2) is 7.32. The Bertz CT molecular complexity index is 636. The molecule has 1 aliphatic carbocycles. The smallest absolute Gasteiger partial charge is 0.335 e. The van der Waals surface area contributed by atoms with Crippen LogP contribution in [0.2, 0.25) is 0 Å². The zero-order chi connectivity index (χ0) is 16.1. The summed E-state index contributed by atoms with van der Waals surface area (Å²) in [7, 11) is 0. The SMILES string of the molecule is O=C(O)c1ccc(Oc2ccc(C3CCCCCC3)cc2)cc1. The first-order valence-corrected chi connectivity index (χ1v) is 8.33. The number of carboxylic acids is 1. The molecule has 1 N–H and O–H groups in total. The molecule has 23 heavy (non-hydrogen) atoms. The Morgan fingerprint density at radius 3 is 1.87 bits per heavy atom. The van der Waals surface area contributed by atoms with Crippen LogP contribution in [-0.4, -0.2) is 11.1 Å². The van der Waals surface area contributed by atoms with Gasteiger partial charge in [0.15, 0.2) is 0 Å². The average molecular weight is 310 g/mol. The molecule has 0 amide bonds. The lowest BCUT2D eigenvalue weighted by atomic mass is 9.92. The van der Waals surface area contributed by atoms with Crippen LogP contribution in [0.4, 0.5) is 0 Å². The third kappa shape index (κ3) is 4.13. The molecule has 1 fully saturated rings. The highest BCUT2D eigenvalue weighted by Gasteiger charge is 2.14. The fourth-order valence-corrected chi connectivity index (χ4v) is 3.22. The van der Waals surface area contributed by atoms with Gasteiger partial charge in [-0.2, -0.15) is 0 Å². The summed E-state index contributed by atoms with van der Waals surface area (Å²) in [5, 5.41) is 8.90. The topological polar surface area (TPSA) is 46.5 Å². The van der Waals surface area contributed by atoms with Gasteiger partial charge in [0.05, 0.1) is 5.56 Å². The van der Waals surface area contributed by atoms with Crippen molar-refractivity contribution in [1.29, 1.82) is 0 Å². The highest BCUT2D eigenvalue weighted by atomic mass is 16.5. The molecule has 0 atom stereocenters. The molecule has 2 aromatic rings. The second-order valence-corrected chi connectivity index (χ2v) is 6.19. The summed E-state index contributed by atoms with van der Waals surface area (Å²) in [5.74, 6) is 1.19. The maximum absolute atomic E-state index is 10.8. The third-order valence-electron chi connectivity index (χ3n) is 4.54. The van der Waals surface area contributed by atoms with E-state index in [1.807, 2.05) is 12.1 Å². The summed E-state index contributed by atoms with van der Waals surface area (Å²) < 4.78 is 5.79. The van der Waals surface area contributed by atoms with Gasteiger partial charge in [0, 0.05) is 0 Å². The van der Waals surface area contributed by atoms with Crippen LogP contribution < -0.4 is 4.74 Å². The molecule has 0 saturated heterocycles. The molecule has 0 spiro atoms. The van der Waals surface area contributed by atoms with Crippen molar-refractivity contribution in [2.45, 2.75) is 44.4 Å². The molecule has 0 bridgehead atoms. The predicted molar refractivity (Wildman–Crippen MR) is 90.4 cm³/mol. The van der Waals surface area contributed by atoms with Crippen LogP contribution in [0, 0.1) is 0 Å². The molecule has 0 aromatic heterocycles. The van der Waals surface area contributed by atoms with Gasteiger partial charge in [-0.05, 0) is 60.7 Å². The van der Waals surface area contributed by atoms with Crippen LogP contribution in [-0.2, 0) is 0 Å². The summed E-state index contributed by atoms with van der Waals surface area (Å²) in [6.45, 7) is 0. The van der Waals surface area contributed by atoms with Crippen LogP contribution in [0.15, 0.2) is 48.5 Å². The molecule has 3 nitrogen and oxygen atoms in total. The van der Waals surface area contributed by atoms with Gasteiger partial charge in [0.1, 0.15) is 11.5 Å². The Labute approximate surface area is 136 Å². The first-order valence-electron chi connectivity index (χ1n) is 8.33. The van der Waals surface area contributed by atoms with Crippen LogP contribution in [0.1, 0.15) is 60.4 Å². The summed E-state index contributed by atoms with van der Waals surface area (Å²) in [5.41, 5.74) is 1.67. The van der Waals surface area contributed by atoms with E-state index >= 15 is 0 Å². The van der Waals surface area contributed by atoms with E-state index in [1.165, 1.54) is 44.1 Å². The predicted octanol–water partition coefficient (Wildman–Crippen LogP) is 5.61. The first-order chi connectivity index (χ1) is 11.2. The lowest BCUT2D eigenvalue weighted by Gasteiger charge is -2.15. The van der Waals surface area contributed by atoms with Crippen molar-refractivity contribution in [1.82, 2.24) is 0 Å². The van der Waals surface area contributed by atoms with E-state index < -0.39 is 5.97 Å². The molecule has 1 aliphatic rings. The summed E-state index contributed by atoms with van der Waals surface area (Å²) in [4.78, 5) is 10.8. The highest BCUT2D eigenvalue weighted by molar-refractivity contribution is 5.87.